The van der Waals surface area contributed by atoms with Crippen molar-refractivity contribution in [3.8, 4) is 0 Å². The van der Waals surface area contributed by atoms with Crippen molar-refractivity contribution in [2.24, 2.45) is 0 Å². The first-order valence-corrected chi connectivity index (χ1v) is 8.58. The minimum Gasteiger partial charge on any atom is -0.460 e. The van der Waals surface area contributed by atoms with Crippen molar-refractivity contribution >= 4 is 16.9 Å². The van der Waals surface area contributed by atoms with Gasteiger partial charge < -0.3 is 13.7 Å². The number of nitrogens with zero attached hydrogens (tertiary/aromatic N) is 1. The summed E-state index contributed by atoms with van der Waals surface area (Å²) >= 11 is 0. The third-order valence-electron chi connectivity index (χ3n) is 5.82. The number of fused-ring (bicyclic) bond motifs is 4. The van der Waals surface area contributed by atoms with Crippen LogP contribution in [0.4, 0.5) is 5.69 Å². The monoisotopic (exact) mass is 307 g/mol. The van der Waals surface area contributed by atoms with Gasteiger partial charge in [0.05, 0.1) is 23.4 Å². The Kier molecular flexibility index (Phi) is 2.56. The van der Waals surface area contributed by atoms with E-state index in [1.165, 1.54) is 42.5 Å². The number of anilines is 1. The Hall–Kier alpha value is -2.16. The first-order valence-electron chi connectivity index (χ1n) is 8.58. The zero-order valence-corrected chi connectivity index (χ0v) is 13.6. The highest BCUT2D eigenvalue weighted by atomic mass is 16.4. The second kappa shape index (κ2) is 4.44. The van der Waals surface area contributed by atoms with Crippen LogP contribution in [-0.4, -0.2) is 0 Å². The van der Waals surface area contributed by atoms with E-state index < -0.39 is 0 Å². The molecule has 0 bridgehead atoms. The molecule has 0 amide bonds. The van der Waals surface area contributed by atoms with E-state index >= 15 is 0 Å². The molecule has 5 rings (SSSR count). The fourth-order valence-electron chi connectivity index (χ4n) is 4.91. The average Bonchev–Trinajstić information content (AvgIpc) is 3.26. The Labute approximate surface area is 135 Å². The topological polar surface area (TPSA) is 29.5 Å². The van der Waals surface area contributed by atoms with Gasteiger partial charge in [0.15, 0.2) is 11.2 Å². The Bertz CT molecular complexity index is 882. The Morgan fingerprint density at radius 1 is 1.13 bits per heavy atom. The summed E-state index contributed by atoms with van der Waals surface area (Å²) in [6.45, 7) is 4.47. The van der Waals surface area contributed by atoms with Crippen molar-refractivity contribution < 1.29 is 8.83 Å². The van der Waals surface area contributed by atoms with Crippen molar-refractivity contribution in [2.75, 3.05) is 4.90 Å². The highest BCUT2D eigenvalue weighted by molar-refractivity contribution is 5.81. The van der Waals surface area contributed by atoms with Crippen molar-refractivity contribution in [2.45, 2.75) is 51.1 Å². The summed E-state index contributed by atoms with van der Waals surface area (Å²) < 4.78 is 12.0. The average molecular weight is 307 g/mol. The number of hydrogen-bond acceptors (Lipinski definition) is 3. The van der Waals surface area contributed by atoms with Crippen LogP contribution in [0.25, 0.3) is 11.2 Å². The molecular formula is C20H21NO2. The zero-order valence-electron chi connectivity index (χ0n) is 13.6. The predicted molar refractivity (Wildman–Crippen MR) is 90.7 cm³/mol. The largest absolute Gasteiger partial charge is 0.460 e. The van der Waals surface area contributed by atoms with Crippen molar-refractivity contribution in [1.29, 1.82) is 0 Å². The third-order valence-corrected chi connectivity index (χ3v) is 5.82. The molecule has 1 aliphatic heterocycles. The molecule has 1 fully saturated rings. The quantitative estimate of drug-likeness (QED) is 0.579. The summed E-state index contributed by atoms with van der Waals surface area (Å²) in [5.74, 6) is 1.10. The van der Waals surface area contributed by atoms with Crippen molar-refractivity contribution in [3.05, 3.63) is 53.5 Å². The molecule has 2 aromatic heterocycles. The number of para-hydroxylation sites is 1. The molecule has 1 atom stereocenters. The van der Waals surface area contributed by atoms with Crippen LogP contribution >= 0.6 is 0 Å². The van der Waals surface area contributed by atoms with E-state index in [0.29, 0.717) is 0 Å². The number of aryl methyl sites for hydroxylation is 1. The molecule has 3 heterocycles. The summed E-state index contributed by atoms with van der Waals surface area (Å²) in [5.41, 5.74) is 5.86. The molecule has 2 aliphatic rings. The fourth-order valence-corrected chi connectivity index (χ4v) is 4.91. The summed E-state index contributed by atoms with van der Waals surface area (Å²) in [4.78, 5) is 2.60. The predicted octanol–water partition coefficient (Wildman–Crippen LogP) is 5.68. The minimum absolute atomic E-state index is 0.0317. The number of rotatable bonds is 1. The van der Waals surface area contributed by atoms with Crippen LogP contribution in [-0.2, 0) is 5.54 Å². The van der Waals surface area contributed by atoms with Gasteiger partial charge in [0.2, 0.25) is 0 Å². The van der Waals surface area contributed by atoms with Gasteiger partial charge >= 0.3 is 0 Å². The molecule has 118 valence electrons. The van der Waals surface area contributed by atoms with Gasteiger partial charge in [0.1, 0.15) is 5.76 Å². The molecule has 0 radical (unpaired) electrons. The van der Waals surface area contributed by atoms with Crippen LogP contribution in [0.15, 0.2) is 45.4 Å². The van der Waals surface area contributed by atoms with Gasteiger partial charge in [-0.05, 0) is 38.3 Å². The highest BCUT2D eigenvalue weighted by Crippen LogP contribution is 2.59. The standard InChI is InChI=1S/C20H21NO2/c1-13-7-3-4-8-15(13)21-14(2)18-17(20(21)10-5-6-11-20)19-16(23-18)9-12-22-19/h3-4,7-9,12,14H,5-6,10-11H2,1-2H3/t14-/m0/s1. The summed E-state index contributed by atoms with van der Waals surface area (Å²) in [5, 5.41) is 0. The van der Waals surface area contributed by atoms with E-state index in [0.717, 1.165) is 16.9 Å². The molecule has 3 heteroatoms. The molecule has 3 nitrogen and oxygen atoms in total. The van der Waals surface area contributed by atoms with E-state index in [-0.39, 0.29) is 11.6 Å². The number of benzene rings is 1. The maximum Gasteiger partial charge on any atom is 0.178 e. The lowest BCUT2D eigenvalue weighted by atomic mass is 9.89. The van der Waals surface area contributed by atoms with Crippen molar-refractivity contribution in [1.82, 2.24) is 0 Å². The summed E-state index contributed by atoms with van der Waals surface area (Å²) in [6.07, 6.45) is 6.63. The SMILES string of the molecule is Cc1ccccc1N1[C@@H](C)c2oc3ccoc3c2C12CCCC2. The van der Waals surface area contributed by atoms with Gasteiger partial charge in [-0.2, -0.15) is 0 Å². The van der Waals surface area contributed by atoms with E-state index in [9.17, 15) is 0 Å². The normalized spacial score (nSPS) is 22.3. The zero-order chi connectivity index (χ0) is 15.6. The highest BCUT2D eigenvalue weighted by Gasteiger charge is 2.54. The van der Waals surface area contributed by atoms with Gasteiger partial charge in [-0.3, -0.25) is 0 Å². The van der Waals surface area contributed by atoms with Gasteiger partial charge in [-0.1, -0.05) is 31.0 Å². The Morgan fingerprint density at radius 3 is 2.70 bits per heavy atom. The maximum absolute atomic E-state index is 6.21. The van der Waals surface area contributed by atoms with Crippen molar-refractivity contribution in [3.63, 3.8) is 0 Å². The van der Waals surface area contributed by atoms with Gasteiger partial charge in [0, 0.05) is 11.8 Å². The van der Waals surface area contributed by atoms with E-state index in [1.54, 1.807) is 6.26 Å². The van der Waals surface area contributed by atoms with Crippen LogP contribution in [0.1, 0.15) is 55.5 Å². The molecule has 1 aliphatic carbocycles. The molecule has 1 aromatic carbocycles. The molecule has 0 saturated heterocycles. The lowest BCUT2D eigenvalue weighted by Gasteiger charge is -2.40. The number of hydrogen-bond donors (Lipinski definition) is 0. The van der Waals surface area contributed by atoms with E-state index in [4.69, 9.17) is 8.83 Å². The molecule has 23 heavy (non-hydrogen) atoms. The van der Waals surface area contributed by atoms with Gasteiger partial charge in [0.25, 0.3) is 0 Å². The van der Waals surface area contributed by atoms with Gasteiger partial charge in [-0.25, -0.2) is 0 Å². The first kappa shape index (κ1) is 13.3. The second-order valence-corrected chi connectivity index (χ2v) is 7.03. The third kappa shape index (κ3) is 1.55. The van der Waals surface area contributed by atoms with Gasteiger partial charge in [-0.15, -0.1) is 0 Å². The molecule has 1 saturated carbocycles. The summed E-state index contributed by atoms with van der Waals surface area (Å²) in [6, 6.07) is 10.9. The smallest absolute Gasteiger partial charge is 0.178 e. The maximum atomic E-state index is 6.21. The van der Waals surface area contributed by atoms with Crippen LogP contribution in [0.2, 0.25) is 0 Å². The first-order chi connectivity index (χ1) is 11.2. The molecule has 1 spiro atoms. The van der Waals surface area contributed by atoms with E-state index in [2.05, 4.69) is 43.0 Å². The lowest BCUT2D eigenvalue weighted by molar-refractivity contribution is 0.406. The molecule has 0 unspecified atom stereocenters. The molecule has 0 N–H and O–H groups in total. The van der Waals surface area contributed by atoms with Crippen LogP contribution in [0, 0.1) is 6.92 Å². The molecular weight excluding hydrogens is 286 g/mol. The van der Waals surface area contributed by atoms with Crippen LogP contribution < -0.4 is 4.90 Å². The second-order valence-electron chi connectivity index (χ2n) is 7.03. The van der Waals surface area contributed by atoms with Crippen LogP contribution in [0.3, 0.4) is 0 Å². The number of furan rings is 2. The Morgan fingerprint density at radius 2 is 1.91 bits per heavy atom. The van der Waals surface area contributed by atoms with E-state index in [1.807, 2.05) is 6.07 Å². The Balaban J connectivity index is 1.79. The summed E-state index contributed by atoms with van der Waals surface area (Å²) in [7, 11) is 0. The van der Waals surface area contributed by atoms with Crippen LogP contribution in [0.5, 0.6) is 0 Å². The lowest BCUT2D eigenvalue weighted by Crippen LogP contribution is -2.40. The minimum atomic E-state index is 0.0317. The fraction of sp³-hybridized carbons (Fsp3) is 0.400. The molecule has 3 aromatic rings.